The van der Waals surface area contributed by atoms with E-state index in [2.05, 4.69) is 4.98 Å². The molecule has 1 nitrogen and oxygen atoms in total. The number of halogens is 4. The molecule has 106 valence electrons. The quantitative estimate of drug-likeness (QED) is 0.711. The first-order valence-electron chi connectivity index (χ1n) is 6.10. The highest BCUT2D eigenvalue weighted by atomic mass is 35.5. The molecule has 0 amide bonds. The molecule has 0 bridgehead atoms. The van der Waals surface area contributed by atoms with Gasteiger partial charge in [-0.05, 0) is 29.3 Å². The van der Waals surface area contributed by atoms with E-state index >= 15 is 0 Å². The molecule has 20 heavy (non-hydrogen) atoms. The lowest BCUT2D eigenvalue weighted by molar-refractivity contribution is -0.137. The molecule has 2 rings (SSSR count). The Kier molecular flexibility index (Phi) is 4.33. The van der Waals surface area contributed by atoms with Crippen LogP contribution in [0.3, 0.4) is 0 Å². The van der Waals surface area contributed by atoms with Crippen molar-refractivity contribution in [1.29, 1.82) is 0 Å². The van der Waals surface area contributed by atoms with Gasteiger partial charge in [-0.15, -0.1) is 11.6 Å². The molecule has 1 aromatic carbocycles. The van der Waals surface area contributed by atoms with Gasteiger partial charge in [-0.3, -0.25) is 4.98 Å². The fraction of sp³-hybridized carbons (Fsp3) is 0.267. The second-order valence-corrected chi connectivity index (χ2v) is 5.06. The first-order valence-corrected chi connectivity index (χ1v) is 6.54. The van der Waals surface area contributed by atoms with Crippen LogP contribution in [-0.4, -0.2) is 4.98 Å². The summed E-state index contributed by atoms with van der Waals surface area (Å²) in [7, 11) is 0. The Hall–Kier alpha value is -1.55. The lowest BCUT2D eigenvalue weighted by atomic mass is 9.93. The highest BCUT2D eigenvalue weighted by Crippen LogP contribution is 2.38. The molecule has 0 saturated carbocycles. The molecule has 0 aliphatic carbocycles. The number of hydrogen-bond donors (Lipinski definition) is 0. The number of aromatic nitrogens is 1. The summed E-state index contributed by atoms with van der Waals surface area (Å²) in [5, 5.41) is -0.528. The van der Waals surface area contributed by atoms with Gasteiger partial charge < -0.3 is 0 Å². The van der Waals surface area contributed by atoms with Crippen LogP contribution in [0.4, 0.5) is 13.2 Å². The summed E-state index contributed by atoms with van der Waals surface area (Å²) in [6.07, 6.45) is -1.07. The van der Waals surface area contributed by atoms with E-state index in [9.17, 15) is 13.2 Å². The van der Waals surface area contributed by atoms with Crippen LogP contribution in [-0.2, 0) is 6.18 Å². The second kappa shape index (κ2) is 5.83. The number of alkyl halides is 4. The van der Waals surface area contributed by atoms with E-state index in [1.165, 1.54) is 6.07 Å². The van der Waals surface area contributed by atoms with E-state index in [-0.39, 0.29) is 5.92 Å². The number of rotatable bonds is 3. The third kappa shape index (κ3) is 3.31. The van der Waals surface area contributed by atoms with Crippen LogP contribution in [0.5, 0.6) is 0 Å². The highest BCUT2D eigenvalue weighted by Gasteiger charge is 2.31. The van der Waals surface area contributed by atoms with Crippen LogP contribution in [0.1, 0.15) is 34.9 Å². The summed E-state index contributed by atoms with van der Waals surface area (Å²) in [5.41, 5.74) is 0.728. The predicted octanol–water partition coefficient (Wildman–Crippen LogP) is 5.18. The van der Waals surface area contributed by atoms with Gasteiger partial charge in [0, 0.05) is 18.3 Å². The Morgan fingerprint density at radius 3 is 2.30 bits per heavy atom. The van der Waals surface area contributed by atoms with Crippen molar-refractivity contribution in [3.8, 4) is 0 Å². The Balaban J connectivity index is 2.27. The average molecular weight is 300 g/mol. The summed E-state index contributed by atoms with van der Waals surface area (Å²) >= 11 is 6.33. The Morgan fingerprint density at radius 1 is 1.05 bits per heavy atom. The van der Waals surface area contributed by atoms with Gasteiger partial charge in [0.2, 0.25) is 0 Å². The molecular formula is C15H13ClF3N. The fourth-order valence-electron chi connectivity index (χ4n) is 2.01. The second-order valence-electron chi connectivity index (χ2n) is 4.59. The molecule has 1 heterocycles. The maximum Gasteiger partial charge on any atom is 0.416 e. The normalized spacial score (nSPS) is 14.8. The van der Waals surface area contributed by atoms with Crippen LogP contribution in [0.25, 0.3) is 0 Å². The zero-order valence-corrected chi connectivity index (χ0v) is 11.5. The minimum atomic E-state index is -4.35. The molecule has 5 heteroatoms. The van der Waals surface area contributed by atoms with Gasteiger partial charge in [0.25, 0.3) is 0 Å². The van der Waals surface area contributed by atoms with Crippen molar-refractivity contribution in [2.24, 2.45) is 0 Å². The topological polar surface area (TPSA) is 12.9 Å². The first kappa shape index (κ1) is 14.9. The third-order valence-electron chi connectivity index (χ3n) is 3.20. The summed E-state index contributed by atoms with van der Waals surface area (Å²) in [5.74, 6) is -0.108. The number of nitrogens with zero attached hydrogens (tertiary/aromatic N) is 1. The standard InChI is InChI=1S/C15H13ClF3N/c1-10(11-5-7-20-8-6-11)14(16)12-3-2-4-13(9-12)15(17,18)19/h2-10,14H,1H3. The molecule has 0 aliphatic rings. The maximum atomic E-state index is 12.7. The summed E-state index contributed by atoms with van der Waals surface area (Å²) in [6, 6.07) is 8.78. The van der Waals surface area contributed by atoms with Crippen molar-refractivity contribution in [2.75, 3.05) is 0 Å². The van der Waals surface area contributed by atoms with Gasteiger partial charge in [0.05, 0.1) is 10.9 Å². The molecule has 2 unspecified atom stereocenters. The minimum absolute atomic E-state index is 0.108. The summed E-state index contributed by atoms with van der Waals surface area (Å²) in [4.78, 5) is 3.91. The highest BCUT2D eigenvalue weighted by molar-refractivity contribution is 6.21. The summed E-state index contributed by atoms with van der Waals surface area (Å²) in [6.45, 7) is 1.88. The Labute approximate surface area is 120 Å². The monoisotopic (exact) mass is 299 g/mol. The van der Waals surface area contributed by atoms with Crippen LogP contribution >= 0.6 is 11.6 Å². The van der Waals surface area contributed by atoms with Crippen LogP contribution < -0.4 is 0 Å². The van der Waals surface area contributed by atoms with Crippen LogP contribution in [0.2, 0.25) is 0 Å². The van der Waals surface area contributed by atoms with E-state index in [4.69, 9.17) is 11.6 Å². The van der Waals surface area contributed by atoms with Crippen LogP contribution in [0.15, 0.2) is 48.8 Å². The largest absolute Gasteiger partial charge is 0.416 e. The smallest absolute Gasteiger partial charge is 0.265 e. The zero-order chi connectivity index (χ0) is 14.8. The number of benzene rings is 1. The third-order valence-corrected chi connectivity index (χ3v) is 3.83. The Bertz CT molecular complexity index is 569. The maximum absolute atomic E-state index is 12.7. The number of hydrogen-bond acceptors (Lipinski definition) is 1. The van der Waals surface area contributed by atoms with E-state index in [1.54, 1.807) is 18.5 Å². The predicted molar refractivity (Wildman–Crippen MR) is 72.7 cm³/mol. The minimum Gasteiger partial charge on any atom is -0.265 e. The van der Waals surface area contributed by atoms with E-state index in [0.29, 0.717) is 5.56 Å². The molecule has 0 fully saturated rings. The van der Waals surface area contributed by atoms with E-state index in [1.807, 2.05) is 19.1 Å². The SMILES string of the molecule is CC(c1ccncc1)C(Cl)c1cccc(C(F)(F)F)c1. The Morgan fingerprint density at radius 2 is 1.70 bits per heavy atom. The van der Waals surface area contributed by atoms with Crippen molar-refractivity contribution >= 4 is 11.6 Å². The van der Waals surface area contributed by atoms with Gasteiger partial charge in [-0.1, -0.05) is 25.1 Å². The van der Waals surface area contributed by atoms with Gasteiger partial charge in [-0.2, -0.15) is 13.2 Å². The molecule has 2 atom stereocenters. The van der Waals surface area contributed by atoms with E-state index in [0.717, 1.165) is 17.7 Å². The van der Waals surface area contributed by atoms with Crippen LogP contribution in [0, 0.1) is 0 Å². The van der Waals surface area contributed by atoms with Crippen molar-refractivity contribution < 1.29 is 13.2 Å². The van der Waals surface area contributed by atoms with Crippen molar-refractivity contribution in [3.63, 3.8) is 0 Å². The van der Waals surface area contributed by atoms with Crippen molar-refractivity contribution in [1.82, 2.24) is 4.98 Å². The molecule has 2 aromatic rings. The molecule has 0 spiro atoms. The average Bonchev–Trinajstić information content (AvgIpc) is 2.46. The van der Waals surface area contributed by atoms with Crippen molar-refractivity contribution in [3.05, 3.63) is 65.5 Å². The molecule has 0 saturated heterocycles. The molecular weight excluding hydrogens is 287 g/mol. The molecule has 1 aromatic heterocycles. The first-order chi connectivity index (χ1) is 9.39. The van der Waals surface area contributed by atoms with Gasteiger partial charge in [0.1, 0.15) is 0 Å². The lowest BCUT2D eigenvalue weighted by Gasteiger charge is -2.19. The lowest BCUT2D eigenvalue weighted by Crippen LogP contribution is -2.08. The van der Waals surface area contributed by atoms with Gasteiger partial charge >= 0.3 is 6.18 Å². The number of pyridine rings is 1. The molecule has 0 aliphatic heterocycles. The molecule has 0 radical (unpaired) electrons. The fourth-order valence-corrected chi connectivity index (χ4v) is 2.29. The van der Waals surface area contributed by atoms with Gasteiger partial charge in [0.15, 0.2) is 0 Å². The van der Waals surface area contributed by atoms with Gasteiger partial charge in [-0.25, -0.2) is 0 Å². The molecule has 0 N–H and O–H groups in total. The summed E-state index contributed by atoms with van der Waals surface area (Å²) < 4.78 is 38.1. The van der Waals surface area contributed by atoms with Crippen molar-refractivity contribution in [2.45, 2.75) is 24.4 Å². The van der Waals surface area contributed by atoms with E-state index < -0.39 is 17.1 Å². The zero-order valence-electron chi connectivity index (χ0n) is 10.7.